The van der Waals surface area contributed by atoms with E-state index in [2.05, 4.69) is 15.9 Å². The second-order valence-electron chi connectivity index (χ2n) is 7.10. The predicted molar refractivity (Wildman–Crippen MR) is 119 cm³/mol. The first-order valence-electron chi connectivity index (χ1n) is 9.54. The van der Waals surface area contributed by atoms with Crippen LogP contribution in [0.3, 0.4) is 0 Å². The molecule has 0 bridgehead atoms. The molecule has 5 nitrogen and oxygen atoms in total. The van der Waals surface area contributed by atoms with Crippen molar-refractivity contribution in [3.8, 4) is 11.5 Å². The first-order chi connectivity index (χ1) is 15.0. The monoisotopic (exact) mass is 474 g/mol. The molecular formula is C25H15BrO5. The van der Waals surface area contributed by atoms with E-state index in [0.717, 1.165) is 15.4 Å². The Hall–Kier alpha value is -3.64. The average Bonchev–Trinajstić information content (AvgIpc) is 3.32. The maximum atomic E-state index is 12.8. The Kier molecular flexibility index (Phi) is 4.71. The molecule has 0 fully saturated rings. The van der Waals surface area contributed by atoms with Gasteiger partial charge in [-0.15, -0.1) is 0 Å². The molecule has 0 atom stereocenters. The number of hydrogen-bond donors (Lipinski definition) is 0. The minimum absolute atomic E-state index is 0.105. The van der Waals surface area contributed by atoms with Gasteiger partial charge < -0.3 is 13.9 Å². The molecule has 0 saturated heterocycles. The third-order valence-corrected chi connectivity index (χ3v) is 5.51. The van der Waals surface area contributed by atoms with Gasteiger partial charge in [0.2, 0.25) is 11.5 Å². The van der Waals surface area contributed by atoms with Crippen LogP contribution in [-0.2, 0) is 0 Å². The van der Waals surface area contributed by atoms with Gasteiger partial charge in [0.25, 0.3) is 0 Å². The van der Waals surface area contributed by atoms with Crippen molar-refractivity contribution in [2.75, 3.05) is 0 Å². The van der Waals surface area contributed by atoms with Crippen molar-refractivity contribution in [3.05, 3.63) is 99.4 Å². The molecule has 3 aromatic carbocycles. The Bertz CT molecular complexity index is 1360. The van der Waals surface area contributed by atoms with E-state index in [4.69, 9.17) is 13.9 Å². The van der Waals surface area contributed by atoms with Crippen LogP contribution in [0.4, 0.5) is 0 Å². The molecule has 0 radical (unpaired) electrons. The SMILES string of the molecule is Cc1c(OC(=O)c2cc3ccccc3o2)ccc2c1O/C(=C\c1cccc(Br)c1)C2=O. The van der Waals surface area contributed by atoms with Crippen molar-refractivity contribution < 1.29 is 23.5 Å². The van der Waals surface area contributed by atoms with Gasteiger partial charge in [-0.25, -0.2) is 4.79 Å². The normalized spacial score (nSPS) is 14.0. The molecular weight excluding hydrogens is 460 g/mol. The third kappa shape index (κ3) is 3.55. The van der Waals surface area contributed by atoms with E-state index in [-0.39, 0.29) is 17.3 Å². The second-order valence-corrected chi connectivity index (χ2v) is 8.01. The second kappa shape index (κ2) is 7.56. The summed E-state index contributed by atoms with van der Waals surface area (Å²) in [5.41, 5.74) is 2.44. The van der Waals surface area contributed by atoms with Gasteiger partial charge >= 0.3 is 5.97 Å². The lowest BCUT2D eigenvalue weighted by molar-refractivity contribution is 0.0702. The number of Topliss-reactive ketones (excluding diaryl/α,β-unsaturated/α-hetero) is 1. The number of para-hydroxylation sites is 1. The topological polar surface area (TPSA) is 65.7 Å². The van der Waals surface area contributed by atoms with E-state index >= 15 is 0 Å². The van der Waals surface area contributed by atoms with Gasteiger partial charge in [0, 0.05) is 15.4 Å². The van der Waals surface area contributed by atoms with E-state index in [9.17, 15) is 9.59 Å². The van der Waals surface area contributed by atoms with Crippen LogP contribution in [0.2, 0.25) is 0 Å². The summed E-state index contributed by atoms with van der Waals surface area (Å²) in [6.07, 6.45) is 1.69. The van der Waals surface area contributed by atoms with Gasteiger partial charge in [-0.2, -0.15) is 0 Å². The fourth-order valence-corrected chi connectivity index (χ4v) is 3.88. The van der Waals surface area contributed by atoms with Crippen LogP contribution in [0.5, 0.6) is 11.5 Å². The zero-order valence-electron chi connectivity index (χ0n) is 16.3. The number of benzene rings is 3. The van der Waals surface area contributed by atoms with Gasteiger partial charge in [0.15, 0.2) is 5.76 Å². The molecule has 6 heteroatoms. The highest BCUT2D eigenvalue weighted by Crippen LogP contribution is 2.39. The molecule has 0 saturated carbocycles. The van der Waals surface area contributed by atoms with Crippen molar-refractivity contribution in [2.45, 2.75) is 6.92 Å². The molecule has 0 unspecified atom stereocenters. The summed E-state index contributed by atoms with van der Waals surface area (Å²) in [6, 6.07) is 19.7. The highest BCUT2D eigenvalue weighted by Gasteiger charge is 2.31. The van der Waals surface area contributed by atoms with Crippen molar-refractivity contribution in [2.24, 2.45) is 0 Å². The van der Waals surface area contributed by atoms with Crippen LogP contribution in [-0.4, -0.2) is 11.8 Å². The lowest BCUT2D eigenvalue weighted by atomic mass is 10.1. The summed E-state index contributed by atoms with van der Waals surface area (Å²) >= 11 is 3.42. The summed E-state index contributed by atoms with van der Waals surface area (Å²) in [6.45, 7) is 1.75. The summed E-state index contributed by atoms with van der Waals surface area (Å²) in [5, 5.41) is 0.816. The fraction of sp³-hybridized carbons (Fsp3) is 0.0400. The minimum Gasteiger partial charge on any atom is -0.452 e. The first-order valence-corrected chi connectivity index (χ1v) is 10.3. The Labute approximate surface area is 186 Å². The zero-order valence-corrected chi connectivity index (χ0v) is 17.9. The number of rotatable bonds is 3. The fourth-order valence-electron chi connectivity index (χ4n) is 3.46. The number of halogens is 1. The summed E-state index contributed by atoms with van der Waals surface area (Å²) < 4.78 is 17.9. The highest BCUT2D eigenvalue weighted by molar-refractivity contribution is 9.10. The summed E-state index contributed by atoms with van der Waals surface area (Å²) in [4.78, 5) is 25.4. The number of fused-ring (bicyclic) bond motifs is 2. The van der Waals surface area contributed by atoms with E-state index in [1.54, 1.807) is 37.3 Å². The van der Waals surface area contributed by atoms with Crippen LogP contribution in [0.1, 0.15) is 32.0 Å². The average molecular weight is 475 g/mol. The molecule has 5 rings (SSSR count). The molecule has 1 aromatic heterocycles. The van der Waals surface area contributed by atoms with Crippen LogP contribution < -0.4 is 9.47 Å². The number of ether oxygens (including phenoxy) is 2. The van der Waals surface area contributed by atoms with E-state index in [0.29, 0.717) is 28.2 Å². The predicted octanol–water partition coefficient (Wildman–Crippen LogP) is 6.34. The number of hydrogen-bond acceptors (Lipinski definition) is 5. The Morgan fingerprint density at radius 2 is 1.87 bits per heavy atom. The molecule has 1 aliphatic heterocycles. The summed E-state index contributed by atoms with van der Waals surface area (Å²) in [5.74, 6) is 0.189. The first kappa shape index (κ1) is 19.3. The smallest absolute Gasteiger partial charge is 0.379 e. The molecule has 0 N–H and O–H groups in total. The number of ketones is 1. The number of carbonyl (C=O) groups is 2. The van der Waals surface area contributed by atoms with Crippen LogP contribution in [0.15, 0.2) is 81.4 Å². The highest BCUT2D eigenvalue weighted by atomic mass is 79.9. The largest absolute Gasteiger partial charge is 0.452 e. The van der Waals surface area contributed by atoms with E-state index in [1.165, 1.54) is 0 Å². The van der Waals surface area contributed by atoms with Crippen LogP contribution in [0, 0.1) is 6.92 Å². The van der Waals surface area contributed by atoms with E-state index < -0.39 is 5.97 Å². The maximum Gasteiger partial charge on any atom is 0.379 e. The van der Waals surface area contributed by atoms with Gasteiger partial charge in [-0.05, 0) is 55.0 Å². The van der Waals surface area contributed by atoms with Gasteiger partial charge in [0.05, 0.1) is 5.56 Å². The molecule has 0 aliphatic carbocycles. The number of allylic oxidation sites excluding steroid dienone is 1. The van der Waals surface area contributed by atoms with Gasteiger partial charge in [-0.3, -0.25) is 4.79 Å². The lowest BCUT2D eigenvalue weighted by Gasteiger charge is -2.09. The molecule has 152 valence electrons. The van der Waals surface area contributed by atoms with Gasteiger partial charge in [0.1, 0.15) is 17.1 Å². The van der Waals surface area contributed by atoms with Crippen LogP contribution >= 0.6 is 15.9 Å². The molecule has 31 heavy (non-hydrogen) atoms. The van der Waals surface area contributed by atoms with Gasteiger partial charge in [-0.1, -0.05) is 46.3 Å². The third-order valence-electron chi connectivity index (χ3n) is 5.01. The van der Waals surface area contributed by atoms with Crippen molar-refractivity contribution in [3.63, 3.8) is 0 Å². The minimum atomic E-state index is -0.617. The van der Waals surface area contributed by atoms with Crippen LogP contribution in [0.25, 0.3) is 17.0 Å². The standard InChI is InChI=1S/C25H15BrO5/c1-14-19(31-25(28)22-13-16-6-2-3-8-20(16)29-22)10-9-18-23(27)21(30-24(14)18)12-15-5-4-7-17(26)11-15/h2-13H,1H3/b21-12-. The Morgan fingerprint density at radius 3 is 2.68 bits per heavy atom. The maximum absolute atomic E-state index is 12.8. The zero-order chi connectivity index (χ0) is 21.5. The molecule has 1 aliphatic rings. The molecule has 0 spiro atoms. The number of carbonyl (C=O) groups excluding carboxylic acids is 2. The molecule has 2 heterocycles. The number of esters is 1. The Balaban J connectivity index is 1.43. The number of furan rings is 1. The molecule has 4 aromatic rings. The molecule has 0 amide bonds. The van der Waals surface area contributed by atoms with Crippen molar-refractivity contribution >= 4 is 44.7 Å². The van der Waals surface area contributed by atoms with E-state index in [1.807, 2.05) is 42.5 Å². The van der Waals surface area contributed by atoms with Crippen molar-refractivity contribution in [1.29, 1.82) is 0 Å². The summed E-state index contributed by atoms with van der Waals surface area (Å²) in [7, 11) is 0. The lowest BCUT2D eigenvalue weighted by Crippen LogP contribution is -2.08. The quantitative estimate of drug-likeness (QED) is 0.197. The Morgan fingerprint density at radius 1 is 1.03 bits per heavy atom. The van der Waals surface area contributed by atoms with Crippen molar-refractivity contribution in [1.82, 2.24) is 0 Å².